The first-order valence-corrected chi connectivity index (χ1v) is 4.87. The quantitative estimate of drug-likeness (QED) is 0.763. The number of hydrogen-bond acceptors (Lipinski definition) is 2. The Morgan fingerprint density at radius 3 is 2.73 bits per heavy atom. The first-order valence-electron chi connectivity index (χ1n) is 4.87. The van der Waals surface area contributed by atoms with Gasteiger partial charge in [0.05, 0.1) is 7.11 Å². The SMILES string of the molecule is C=CCc1ccc(O)c(OC)c1C=CC. The Bertz CT molecular complexity index is 378. The largest absolute Gasteiger partial charge is 0.504 e. The highest BCUT2D eigenvalue weighted by molar-refractivity contribution is 5.65. The van der Waals surface area contributed by atoms with Crippen molar-refractivity contribution >= 4 is 6.08 Å². The lowest BCUT2D eigenvalue weighted by molar-refractivity contribution is 0.372. The zero-order chi connectivity index (χ0) is 11.3. The third-order valence-corrected chi connectivity index (χ3v) is 2.17. The summed E-state index contributed by atoms with van der Waals surface area (Å²) < 4.78 is 5.18. The molecule has 1 N–H and O–H groups in total. The van der Waals surface area contributed by atoms with Crippen LogP contribution in [0.25, 0.3) is 6.08 Å². The van der Waals surface area contributed by atoms with Gasteiger partial charge < -0.3 is 9.84 Å². The van der Waals surface area contributed by atoms with Gasteiger partial charge in [-0.15, -0.1) is 6.58 Å². The summed E-state index contributed by atoms with van der Waals surface area (Å²) in [7, 11) is 1.56. The van der Waals surface area contributed by atoms with Crippen LogP contribution in [0.4, 0.5) is 0 Å². The molecule has 1 rings (SSSR count). The minimum atomic E-state index is 0.165. The molecule has 0 amide bonds. The summed E-state index contributed by atoms with van der Waals surface area (Å²) in [5.74, 6) is 0.686. The second kappa shape index (κ2) is 5.25. The zero-order valence-electron chi connectivity index (χ0n) is 9.16. The van der Waals surface area contributed by atoms with Gasteiger partial charge in [0.15, 0.2) is 11.5 Å². The molecule has 0 atom stereocenters. The molecule has 0 aromatic heterocycles. The zero-order valence-corrected chi connectivity index (χ0v) is 9.16. The summed E-state index contributed by atoms with van der Waals surface area (Å²) in [6.07, 6.45) is 6.44. The number of benzene rings is 1. The molecule has 0 radical (unpaired) electrons. The second-order valence-electron chi connectivity index (χ2n) is 3.18. The molecule has 1 aromatic rings. The van der Waals surface area contributed by atoms with E-state index in [1.807, 2.05) is 31.2 Å². The summed E-state index contributed by atoms with van der Waals surface area (Å²) in [6.45, 7) is 5.64. The lowest BCUT2D eigenvalue weighted by Crippen LogP contribution is -1.93. The molecule has 0 aliphatic carbocycles. The van der Waals surface area contributed by atoms with Gasteiger partial charge in [0.2, 0.25) is 0 Å². The van der Waals surface area contributed by atoms with Crippen LogP contribution < -0.4 is 4.74 Å². The second-order valence-corrected chi connectivity index (χ2v) is 3.18. The van der Waals surface area contributed by atoms with Gasteiger partial charge in [0.1, 0.15) is 0 Å². The summed E-state index contributed by atoms with van der Waals surface area (Å²) in [4.78, 5) is 0. The fourth-order valence-corrected chi connectivity index (χ4v) is 1.53. The van der Waals surface area contributed by atoms with E-state index in [9.17, 15) is 5.11 Å². The molecule has 2 heteroatoms. The maximum atomic E-state index is 9.63. The summed E-state index contributed by atoms with van der Waals surface area (Å²) in [5, 5.41) is 9.63. The molecule has 0 heterocycles. The molecule has 15 heavy (non-hydrogen) atoms. The molecule has 0 spiro atoms. The van der Waals surface area contributed by atoms with Gasteiger partial charge in [-0.3, -0.25) is 0 Å². The number of allylic oxidation sites excluding steroid dienone is 2. The molecule has 0 unspecified atom stereocenters. The van der Waals surface area contributed by atoms with Gasteiger partial charge in [-0.05, 0) is 25.0 Å². The van der Waals surface area contributed by atoms with E-state index in [4.69, 9.17) is 4.74 Å². The molecular weight excluding hydrogens is 188 g/mol. The normalized spacial score (nSPS) is 10.5. The summed E-state index contributed by atoms with van der Waals surface area (Å²) in [5.41, 5.74) is 2.01. The van der Waals surface area contributed by atoms with E-state index in [0.29, 0.717) is 5.75 Å². The van der Waals surface area contributed by atoms with E-state index >= 15 is 0 Å². The van der Waals surface area contributed by atoms with E-state index in [1.165, 1.54) is 0 Å². The molecular formula is C13H16O2. The van der Waals surface area contributed by atoms with Crippen molar-refractivity contribution in [2.24, 2.45) is 0 Å². The molecule has 80 valence electrons. The van der Waals surface area contributed by atoms with Crippen LogP contribution >= 0.6 is 0 Å². The number of phenols is 1. The van der Waals surface area contributed by atoms with Crippen molar-refractivity contribution in [2.75, 3.05) is 7.11 Å². The van der Waals surface area contributed by atoms with Crippen molar-refractivity contribution in [3.8, 4) is 11.5 Å². The van der Waals surface area contributed by atoms with E-state index in [1.54, 1.807) is 13.2 Å². The number of ether oxygens (including phenoxy) is 1. The maximum Gasteiger partial charge on any atom is 0.167 e. The molecule has 0 aliphatic heterocycles. The Hall–Kier alpha value is -1.70. The highest BCUT2D eigenvalue weighted by Crippen LogP contribution is 2.33. The minimum Gasteiger partial charge on any atom is -0.504 e. The molecule has 1 aromatic carbocycles. The van der Waals surface area contributed by atoms with Crippen LogP contribution in [-0.2, 0) is 6.42 Å². The van der Waals surface area contributed by atoms with Crippen molar-refractivity contribution in [2.45, 2.75) is 13.3 Å². The fraction of sp³-hybridized carbons (Fsp3) is 0.231. The summed E-state index contributed by atoms with van der Waals surface area (Å²) >= 11 is 0. The van der Waals surface area contributed by atoms with E-state index in [-0.39, 0.29) is 5.75 Å². The van der Waals surface area contributed by atoms with Gasteiger partial charge in [0, 0.05) is 5.56 Å². The van der Waals surface area contributed by atoms with Crippen molar-refractivity contribution in [3.05, 3.63) is 42.0 Å². The summed E-state index contributed by atoms with van der Waals surface area (Å²) in [6, 6.07) is 3.53. The Balaban J connectivity index is 3.34. The highest BCUT2D eigenvalue weighted by atomic mass is 16.5. The predicted molar refractivity (Wildman–Crippen MR) is 63.3 cm³/mol. The van der Waals surface area contributed by atoms with Crippen molar-refractivity contribution in [1.29, 1.82) is 0 Å². The Labute approximate surface area is 90.5 Å². The number of aromatic hydroxyl groups is 1. The van der Waals surface area contributed by atoms with Crippen LogP contribution in [0.2, 0.25) is 0 Å². The monoisotopic (exact) mass is 204 g/mol. The van der Waals surface area contributed by atoms with E-state index in [2.05, 4.69) is 6.58 Å². The van der Waals surface area contributed by atoms with Crippen LogP contribution in [0.15, 0.2) is 30.9 Å². The fourth-order valence-electron chi connectivity index (χ4n) is 1.53. The lowest BCUT2D eigenvalue weighted by Gasteiger charge is -2.11. The third-order valence-electron chi connectivity index (χ3n) is 2.17. The number of methoxy groups -OCH3 is 1. The highest BCUT2D eigenvalue weighted by Gasteiger charge is 2.09. The van der Waals surface area contributed by atoms with Gasteiger partial charge in [0.25, 0.3) is 0 Å². The topological polar surface area (TPSA) is 29.5 Å². The van der Waals surface area contributed by atoms with Gasteiger partial charge >= 0.3 is 0 Å². The average molecular weight is 204 g/mol. The average Bonchev–Trinajstić information content (AvgIpc) is 2.23. The predicted octanol–water partition coefficient (Wildman–Crippen LogP) is 3.16. The van der Waals surface area contributed by atoms with Crippen molar-refractivity contribution in [1.82, 2.24) is 0 Å². The molecule has 0 saturated heterocycles. The van der Waals surface area contributed by atoms with Crippen LogP contribution in [0, 0.1) is 0 Å². The van der Waals surface area contributed by atoms with Crippen molar-refractivity contribution < 1.29 is 9.84 Å². The number of rotatable bonds is 4. The standard InChI is InChI=1S/C13H16O2/c1-4-6-10-8-9-12(14)13(15-3)11(10)7-5-2/h4-5,7-9,14H,1,6H2,2-3H3. The molecule has 0 saturated carbocycles. The van der Waals surface area contributed by atoms with Gasteiger partial charge in [-0.2, -0.15) is 0 Å². The molecule has 0 bridgehead atoms. The maximum absolute atomic E-state index is 9.63. The van der Waals surface area contributed by atoms with Crippen molar-refractivity contribution in [3.63, 3.8) is 0 Å². The van der Waals surface area contributed by atoms with Crippen LogP contribution in [-0.4, -0.2) is 12.2 Å². The smallest absolute Gasteiger partial charge is 0.167 e. The molecule has 0 fully saturated rings. The minimum absolute atomic E-state index is 0.165. The Morgan fingerprint density at radius 2 is 2.20 bits per heavy atom. The van der Waals surface area contributed by atoms with Crippen LogP contribution in [0.5, 0.6) is 11.5 Å². The number of phenolic OH excluding ortho intramolecular Hbond substituents is 1. The Morgan fingerprint density at radius 1 is 1.47 bits per heavy atom. The third kappa shape index (κ3) is 2.40. The first kappa shape index (κ1) is 11.4. The number of hydrogen-bond donors (Lipinski definition) is 1. The van der Waals surface area contributed by atoms with E-state index < -0.39 is 0 Å². The van der Waals surface area contributed by atoms with Crippen LogP contribution in [0.1, 0.15) is 18.1 Å². The first-order chi connectivity index (χ1) is 7.24. The van der Waals surface area contributed by atoms with E-state index in [0.717, 1.165) is 17.5 Å². The lowest BCUT2D eigenvalue weighted by atomic mass is 10.0. The Kier molecular flexibility index (Phi) is 3.98. The van der Waals surface area contributed by atoms with Gasteiger partial charge in [-0.25, -0.2) is 0 Å². The molecule has 2 nitrogen and oxygen atoms in total. The van der Waals surface area contributed by atoms with Gasteiger partial charge in [-0.1, -0.05) is 24.3 Å². The molecule has 0 aliphatic rings. The van der Waals surface area contributed by atoms with Crippen LogP contribution in [0.3, 0.4) is 0 Å².